The van der Waals surface area contributed by atoms with Crippen molar-refractivity contribution in [3.8, 4) is 0 Å². The van der Waals surface area contributed by atoms with E-state index in [-0.39, 0.29) is 6.04 Å². The van der Waals surface area contributed by atoms with E-state index in [1.807, 2.05) is 43.2 Å². The van der Waals surface area contributed by atoms with Gasteiger partial charge < -0.3 is 0 Å². The minimum Gasteiger partial charge on any atom is -0.273 e. The summed E-state index contributed by atoms with van der Waals surface area (Å²) in [6.45, 7) is 6.74. The topological polar surface area (TPSA) is 73.7 Å². The lowest BCUT2D eigenvalue weighted by Gasteiger charge is -2.14. The molecule has 0 aliphatic rings. The van der Waals surface area contributed by atoms with Crippen LogP contribution in [0.15, 0.2) is 6.07 Å². The number of aromatic nitrogens is 4. The summed E-state index contributed by atoms with van der Waals surface area (Å²) in [6.07, 6.45) is 0.653. The summed E-state index contributed by atoms with van der Waals surface area (Å²) < 4.78 is 3.75. The van der Waals surface area contributed by atoms with Crippen LogP contribution in [0.25, 0.3) is 0 Å². The first-order valence-corrected chi connectivity index (χ1v) is 7.04. The minimum atomic E-state index is -0.0891. The average Bonchev–Trinajstić information content (AvgIpc) is 2.89. The van der Waals surface area contributed by atoms with Gasteiger partial charge in [0.25, 0.3) is 0 Å². The SMILES string of the molecule is CCn1nc(C)c(Cl)c1CC(NN)c1cc(C)n(C)n1. The Bertz CT molecular complexity index is 581. The molecular formula is C13H21ClN6. The van der Waals surface area contributed by atoms with E-state index in [0.717, 1.165) is 29.3 Å². The second kappa shape index (κ2) is 5.95. The maximum Gasteiger partial charge on any atom is 0.0847 e. The van der Waals surface area contributed by atoms with E-state index in [2.05, 4.69) is 15.6 Å². The Kier molecular flexibility index (Phi) is 4.47. The van der Waals surface area contributed by atoms with Crippen molar-refractivity contribution in [2.24, 2.45) is 12.9 Å². The molecule has 0 saturated heterocycles. The molecule has 7 heteroatoms. The van der Waals surface area contributed by atoms with Crippen LogP contribution in [-0.4, -0.2) is 19.6 Å². The van der Waals surface area contributed by atoms with Gasteiger partial charge in [0, 0.05) is 25.7 Å². The summed E-state index contributed by atoms with van der Waals surface area (Å²) in [4.78, 5) is 0. The maximum atomic E-state index is 6.34. The number of hydrogen-bond acceptors (Lipinski definition) is 4. The normalized spacial score (nSPS) is 12.9. The van der Waals surface area contributed by atoms with Crippen molar-refractivity contribution in [1.29, 1.82) is 0 Å². The van der Waals surface area contributed by atoms with Gasteiger partial charge in [-0.2, -0.15) is 10.2 Å². The average molecular weight is 297 g/mol. The molecule has 0 fully saturated rings. The summed E-state index contributed by atoms with van der Waals surface area (Å²) in [6, 6.07) is 1.94. The van der Waals surface area contributed by atoms with Crippen LogP contribution < -0.4 is 11.3 Å². The lowest BCUT2D eigenvalue weighted by atomic mass is 10.1. The standard InChI is InChI=1S/C13H21ClN6/c1-5-20-12(13(14)9(3)17-20)7-10(16-15)11-6-8(2)19(4)18-11/h6,10,16H,5,7,15H2,1-4H3. The lowest BCUT2D eigenvalue weighted by Crippen LogP contribution is -2.30. The van der Waals surface area contributed by atoms with Crippen LogP contribution >= 0.6 is 11.6 Å². The number of hydrazine groups is 1. The molecule has 3 N–H and O–H groups in total. The molecule has 0 aliphatic heterocycles. The van der Waals surface area contributed by atoms with Crippen LogP contribution in [0.3, 0.4) is 0 Å². The molecule has 1 atom stereocenters. The van der Waals surface area contributed by atoms with Gasteiger partial charge >= 0.3 is 0 Å². The van der Waals surface area contributed by atoms with E-state index in [1.165, 1.54) is 0 Å². The van der Waals surface area contributed by atoms with E-state index in [9.17, 15) is 0 Å². The zero-order chi connectivity index (χ0) is 14.9. The first kappa shape index (κ1) is 15.0. The monoisotopic (exact) mass is 296 g/mol. The number of nitrogens with one attached hydrogen (secondary N) is 1. The Morgan fingerprint density at radius 1 is 1.40 bits per heavy atom. The highest BCUT2D eigenvalue weighted by molar-refractivity contribution is 6.31. The minimum absolute atomic E-state index is 0.0891. The van der Waals surface area contributed by atoms with Gasteiger partial charge in [0.2, 0.25) is 0 Å². The number of rotatable bonds is 5. The third kappa shape index (κ3) is 2.72. The van der Waals surface area contributed by atoms with Gasteiger partial charge in [-0.3, -0.25) is 20.6 Å². The highest BCUT2D eigenvalue weighted by Gasteiger charge is 2.20. The van der Waals surface area contributed by atoms with Crippen molar-refractivity contribution in [1.82, 2.24) is 25.0 Å². The number of halogens is 1. The zero-order valence-corrected chi connectivity index (χ0v) is 13.1. The molecule has 0 amide bonds. The Hall–Kier alpha value is -1.37. The van der Waals surface area contributed by atoms with E-state index in [4.69, 9.17) is 17.4 Å². The molecule has 20 heavy (non-hydrogen) atoms. The quantitative estimate of drug-likeness (QED) is 0.650. The molecule has 0 aliphatic carbocycles. The Balaban J connectivity index is 2.31. The maximum absolute atomic E-state index is 6.34. The Morgan fingerprint density at radius 2 is 2.10 bits per heavy atom. The molecule has 2 aromatic rings. The highest BCUT2D eigenvalue weighted by Crippen LogP contribution is 2.25. The molecule has 2 rings (SSSR count). The molecule has 0 bridgehead atoms. The third-order valence-electron chi connectivity index (χ3n) is 3.54. The Morgan fingerprint density at radius 3 is 2.60 bits per heavy atom. The Labute approximate surface area is 123 Å². The van der Waals surface area contributed by atoms with Crippen LogP contribution in [0.1, 0.15) is 35.7 Å². The zero-order valence-electron chi connectivity index (χ0n) is 12.3. The third-order valence-corrected chi connectivity index (χ3v) is 4.03. The van der Waals surface area contributed by atoms with Crippen molar-refractivity contribution in [3.05, 3.63) is 33.9 Å². The molecule has 6 nitrogen and oxygen atoms in total. The summed E-state index contributed by atoms with van der Waals surface area (Å²) in [7, 11) is 1.92. The van der Waals surface area contributed by atoms with Gasteiger partial charge in [-0.25, -0.2) is 0 Å². The van der Waals surface area contributed by atoms with Gasteiger partial charge in [-0.1, -0.05) is 11.6 Å². The van der Waals surface area contributed by atoms with Crippen LogP contribution in [0.2, 0.25) is 5.02 Å². The van der Waals surface area contributed by atoms with E-state index >= 15 is 0 Å². The van der Waals surface area contributed by atoms with Gasteiger partial charge in [0.1, 0.15) is 0 Å². The molecule has 1 unspecified atom stereocenters. The van der Waals surface area contributed by atoms with Gasteiger partial charge in [0.15, 0.2) is 0 Å². The first-order valence-electron chi connectivity index (χ1n) is 6.66. The largest absolute Gasteiger partial charge is 0.273 e. The summed E-state index contributed by atoms with van der Waals surface area (Å²) in [5, 5.41) is 9.60. The molecule has 2 heterocycles. The van der Waals surface area contributed by atoms with Gasteiger partial charge in [0.05, 0.1) is 28.1 Å². The van der Waals surface area contributed by atoms with Crippen molar-refractivity contribution in [2.75, 3.05) is 0 Å². The van der Waals surface area contributed by atoms with Gasteiger partial charge in [-0.15, -0.1) is 0 Å². The second-order valence-electron chi connectivity index (χ2n) is 4.92. The second-order valence-corrected chi connectivity index (χ2v) is 5.30. The summed E-state index contributed by atoms with van der Waals surface area (Å²) in [5.41, 5.74) is 6.64. The fourth-order valence-electron chi connectivity index (χ4n) is 2.26. The van der Waals surface area contributed by atoms with Crippen molar-refractivity contribution < 1.29 is 0 Å². The number of nitrogens with zero attached hydrogens (tertiary/aromatic N) is 4. The fraction of sp³-hybridized carbons (Fsp3) is 0.538. The first-order chi connectivity index (χ1) is 9.47. The molecule has 0 radical (unpaired) electrons. The van der Waals surface area contributed by atoms with E-state index in [1.54, 1.807) is 0 Å². The number of nitrogens with two attached hydrogens (primary N) is 1. The number of aryl methyl sites for hydroxylation is 4. The predicted octanol–water partition coefficient (Wildman–Crippen LogP) is 1.65. The van der Waals surface area contributed by atoms with Crippen molar-refractivity contribution in [3.63, 3.8) is 0 Å². The van der Waals surface area contributed by atoms with Crippen LogP contribution in [-0.2, 0) is 20.0 Å². The van der Waals surface area contributed by atoms with Crippen LogP contribution in [0.5, 0.6) is 0 Å². The van der Waals surface area contributed by atoms with E-state index < -0.39 is 0 Å². The molecule has 0 saturated carbocycles. The van der Waals surface area contributed by atoms with Crippen LogP contribution in [0, 0.1) is 13.8 Å². The predicted molar refractivity (Wildman–Crippen MR) is 79.4 cm³/mol. The van der Waals surface area contributed by atoms with Crippen molar-refractivity contribution in [2.45, 2.75) is 39.8 Å². The molecule has 110 valence electrons. The molecule has 0 spiro atoms. The molecule has 0 aromatic carbocycles. The van der Waals surface area contributed by atoms with Gasteiger partial charge in [-0.05, 0) is 26.8 Å². The molecule has 2 aromatic heterocycles. The van der Waals surface area contributed by atoms with Crippen LogP contribution in [0.4, 0.5) is 0 Å². The smallest absolute Gasteiger partial charge is 0.0847 e. The summed E-state index contributed by atoms with van der Waals surface area (Å²) in [5.74, 6) is 5.69. The fourth-order valence-corrected chi connectivity index (χ4v) is 2.48. The van der Waals surface area contributed by atoms with Crippen molar-refractivity contribution >= 4 is 11.6 Å². The number of hydrogen-bond donors (Lipinski definition) is 2. The lowest BCUT2D eigenvalue weighted by molar-refractivity contribution is 0.501. The summed E-state index contributed by atoms with van der Waals surface area (Å²) >= 11 is 6.34. The molecular weight excluding hydrogens is 276 g/mol. The van der Waals surface area contributed by atoms with E-state index in [0.29, 0.717) is 11.4 Å². The highest BCUT2D eigenvalue weighted by atomic mass is 35.5.